The van der Waals surface area contributed by atoms with Gasteiger partial charge >= 0.3 is 0 Å². The van der Waals surface area contributed by atoms with Crippen LogP contribution in [0.3, 0.4) is 0 Å². The molecule has 4 nitrogen and oxygen atoms in total. The van der Waals surface area contributed by atoms with Gasteiger partial charge in [0.05, 0.1) is 6.61 Å². The molecule has 2 aromatic rings. The lowest BCUT2D eigenvalue weighted by atomic mass is 10.0. The summed E-state index contributed by atoms with van der Waals surface area (Å²) in [5, 5.41) is 3.42. The molecule has 0 aliphatic carbocycles. The highest BCUT2D eigenvalue weighted by Crippen LogP contribution is 2.34. The van der Waals surface area contributed by atoms with E-state index in [1.807, 2.05) is 30.3 Å². The molecule has 4 heteroatoms. The van der Waals surface area contributed by atoms with Crippen LogP contribution in [0.5, 0.6) is 17.4 Å². The highest BCUT2D eigenvalue weighted by Gasteiger charge is 2.16. The number of rotatable bonds is 6. The lowest BCUT2D eigenvalue weighted by Gasteiger charge is -2.23. The van der Waals surface area contributed by atoms with Crippen molar-refractivity contribution < 1.29 is 9.47 Å². The van der Waals surface area contributed by atoms with Crippen molar-refractivity contribution in [3.63, 3.8) is 0 Å². The first-order valence-electron chi connectivity index (χ1n) is 8.79. The fourth-order valence-electron chi connectivity index (χ4n) is 2.99. The Labute approximate surface area is 144 Å². The minimum absolute atomic E-state index is 0.391. The first-order valence-corrected chi connectivity index (χ1v) is 8.79. The van der Waals surface area contributed by atoms with Gasteiger partial charge in [0.15, 0.2) is 5.75 Å². The van der Waals surface area contributed by atoms with Crippen molar-refractivity contribution in [3.05, 3.63) is 48.2 Å². The molecule has 1 aromatic carbocycles. The molecule has 128 valence electrons. The van der Waals surface area contributed by atoms with E-state index in [1.54, 1.807) is 6.20 Å². The van der Waals surface area contributed by atoms with E-state index >= 15 is 0 Å². The lowest BCUT2D eigenvalue weighted by Crippen LogP contribution is -2.33. The molecule has 0 spiro atoms. The number of ether oxygens (including phenoxy) is 2. The number of nitrogens with zero attached hydrogens (tertiary/aromatic N) is 1. The van der Waals surface area contributed by atoms with Crippen LogP contribution in [0.15, 0.2) is 42.6 Å². The first-order chi connectivity index (χ1) is 11.7. The van der Waals surface area contributed by atoms with Crippen molar-refractivity contribution in [1.82, 2.24) is 10.3 Å². The Balaban J connectivity index is 1.72. The second-order valence-corrected chi connectivity index (χ2v) is 6.62. The molecule has 0 saturated carbocycles. The summed E-state index contributed by atoms with van der Waals surface area (Å²) in [4.78, 5) is 4.38. The van der Waals surface area contributed by atoms with E-state index in [1.165, 1.54) is 18.4 Å². The van der Waals surface area contributed by atoms with Crippen LogP contribution in [0, 0.1) is 5.92 Å². The molecule has 0 bridgehead atoms. The smallest absolute Gasteiger partial charge is 0.262 e. The summed E-state index contributed by atoms with van der Waals surface area (Å²) in [6.45, 7) is 7.15. The molecular weight excluding hydrogens is 300 g/mol. The second kappa shape index (κ2) is 8.15. The highest BCUT2D eigenvalue weighted by atomic mass is 16.5. The van der Waals surface area contributed by atoms with E-state index in [0.29, 0.717) is 30.1 Å². The van der Waals surface area contributed by atoms with Crippen LogP contribution in [-0.2, 0) is 0 Å². The molecule has 1 atom stereocenters. The molecule has 1 aliphatic rings. The fourth-order valence-corrected chi connectivity index (χ4v) is 2.99. The summed E-state index contributed by atoms with van der Waals surface area (Å²) in [7, 11) is 0. The van der Waals surface area contributed by atoms with Gasteiger partial charge in [0.2, 0.25) is 0 Å². The summed E-state index contributed by atoms with van der Waals surface area (Å²) in [6, 6.07) is 11.9. The third-order valence-corrected chi connectivity index (χ3v) is 4.36. The molecule has 1 fully saturated rings. The van der Waals surface area contributed by atoms with Crippen molar-refractivity contribution in [2.24, 2.45) is 5.92 Å². The van der Waals surface area contributed by atoms with Gasteiger partial charge in [-0.3, -0.25) is 0 Å². The molecule has 24 heavy (non-hydrogen) atoms. The van der Waals surface area contributed by atoms with E-state index < -0.39 is 0 Å². The predicted octanol–water partition coefficient (Wildman–Crippen LogP) is 4.38. The molecule has 2 heterocycles. The number of benzene rings is 1. The number of hydrogen-bond donors (Lipinski definition) is 1. The van der Waals surface area contributed by atoms with Crippen molar-refractivity contribution in [2.75, 3.05) is 19.7 Å². The van der Waals surface area contributed by atoms with Gasteiger partial charge in [-0.15, -0.1) is 0 Å². The van der Waals surface area contributed by atoms with Crippen LogP contribution in [-0.4, -0.2) is 24.7 Å². The average Bonchev–Trinajstić information content (AvgIpc) is 2.62. The number of nitrogens with one attached hydrogen (secondary N) is 1. The quantitative estimate of drug-likeness (QED) is 0.856. The lowest BCUT2D eigenvalue weighted by molar-refractivity contribution is 0.211. The summed E-state index contributed by atoms with van der Waals surface area (Å²) in [5.41, 5.74) is 1.17. The van der Waals surface area contributed by atoms with Gasteiger partial charge in [-0.05, 0) is 49.1 Å². The maximum atomic E-state index is 6.09. The van der Waals surface area contributed by atoms with Crippen LogP contribution < -0.4 is 14.8 Å². The highest BCUT2D eigenvalue weighted by molar-refractivity contribution is 5.41. The van der Waals surface area contributed by atoms with E-state index in [-0.39, 0.29) is 0 Å². The van der Waals surface area contributed by atoms with Crippen LogP contribution in [0.4, 0.5) is 0 Å². The van der Waals surface area contributed by atoms with Crippen LogP contribution in [0.1, 0.15) is 38.2 Å². The standard InChI is InChI=1S/C20H26N2O2/c1-15(2)17-8-3-4-9-18(17)24-20-19(10-6-12-22-20)23-14-16-7-5-11-21-13-16/h3-4,6,8-10,12,15-16,21H,5,7,11,13-14H2,1-2H3/t16-/m0/s1. The van der Waals surface area contributed by atoms with E-state index in [0.717, 1.165) is 18.8 Å². The van der Waals surface area contributed by atoms with Crippen LogP contribution in [0.25, 0.3) is 0 Å². The maximum absolute atomic E-state index is 6.09. The summed E-state index contributed by atoms with van der Waals surface area (Å²) in [6.07, 6.45) is 4.16. The molecular formula is C20H26N2O2. The van der Waals surface area contributed by atoms with Crippen molar-refractivity contribution in [1.29, 1.82) is 0 Å². The Bertz CT molecular complexity index is 652. The molecule has 1 aromatic heterocycles. The number of aromatic nitrogens is 1. The minimum Gasteiger partial charge on any atom is -0.488 e. The third kappa shape index (κ3) is 4.26. The van der Waals surface area contributed by atoms with Gasteiger partial charge in [-0.1, -0.05) is 32.0 Å². The van der Waals surface area contributed by atoms with Gasteiger partial charge in [-0.25, -0.2) is 4.98 Å². The third-order valence-electron chi connectivity index (χ3n) is 4.36. The zero-order chi connectivity index (χ0) is 16.8. The van der Waals surface area contributed by atoms with Crippen molar-refractivity contribution in [3.8, 4) is 17.4 Å². The van der Waals surface area contributed by atoms with Gasteiger partial charge in [0, 0.05) is 18.7 Å². The van der Waals surface area contributed by atoms with Gasteiger partial charge < -0.3 is 14.8 Å². The number of piperidine rings is 1. The van der Waals surface area contributed by atoms with E-state index in [9.17, 15) is 0 Å². The Kier molecular flexibility index (Phi) is 5.70. The molecule has 0 unspecified atom stereocenters. The fraction of sp³-hybridized carbons (Fsp3) is 0.450. The predicted molar refractivity (Wildman–Crippen MR) is 95.9 cm³/mol. The molecule has 0 amide bonds. The second-order valence-electron chi connectivity index (χ2n) is 6.62. The monoisotopic (exact) mass is 326 g/mol. The van der Waals surface area contributed by atoms with Gasteiger partial charge in [-0.2, -0.15) is 0 Å². The Morgan fingerprint density at radius 2 is 2.00 bits per heavy atom. The maximum Gasteiger partial charge on any atom is 0.262 e. The van der Waals surface area contributed by atoms with E-state index in [2.05, 4.69) is 30.2 Å². The molecule has 1 N–H and O–H groups in total. The van der Waals surface area contributed by atoms with E-state index in [4.69, 9.17) is 9.47 Å². The summed E-state index contributed by atoms with van der Waals surface area (Å²) < 4.78 is 12.1. The zero-order valence-corrected chi connectivity index (χ0v) is 14.5. The number of para-hydroxylation sites is 1. The Hall–Kier alpha value is -2.07. The van der Waals surface area contributed by atoms with Crippen LogP contribution in [0.2, 0.25) is 0 Å². The average molecular weight is 326 g/mol. The number of pyridine rings is 1. The van der Waals surface area contributed by atoms with Crippen LogP contribution >= 0.6 is 0 Å². The SMILES string of the molecule is CC(C)c1ccccc1Oc1ncccc1OC[C@H]1CCCNC1. The normalized spacial score (nSPS) is 17.7. The summed E-state index contributed by atoms with van der Waals surface area (Å²) >= 11 is 0. The molecule has 3 rings (SSSR count). The molecule has 0 radical (unpaired) electrons. The number of hydrogen-bond acceptors (Lipinski definition) is 4. The Morgan fingerprint density at radius 1 is 1.17 bits per heavy atom. The molecule has 1 saturated heterocycles. The molecule has 1 aliphatic heterocycles. The van der Waals surface area contributed by atoms with Gasteiger partial charge in [0.25, 0.3) is 5.88 Å². The Morgan fingerprint density at radius 3 is 2.79 bits per heavy atom. The largest absolute Gasteiger partial charge is 0.488 e. The van der Waals surface area contributed by atoms with Crippen molar-refractivity contribution >= 4 is 0 Å². The van der Waals surface area contributed by atoms with Crippen molar-refractivity contribution in [2.45, 2.75) is 32.6 Å². The van der Waals surface area contributed by atoms with Gasteiger partial charge in [0.1, 0.15) is 5.75 Å². The minimum atomic E-state index is 0.391. The zero-order valence-electron chi connectivity index (χ0n) is 14.5. The first kappa shape index (κ1) is 16.8. The topological polar surface area (TPSA) is 43.4 Å². The summed E-state index contributed by atoms with van der Waals surface area (Å²) in [5.74, 6) is 3.03.